The largest absolute Gasteiger partial charge is 0.497 e. The van der Waals surface area contributed by atoms with Crippen molar-refractivity contribution in [3.63, 3.8) is 0 Å². The number of hydrogen-bond donors (Lipinski definition) is 1. The van der Waals surface area contributed by atoms with Crippen molar-refractivity contribution in [1.82, 2.24) is 5.32 Å². The number of nitrogens with one attached hydrogen (secondary N) is 1. The maximum atomic E-state index is 5.39. The molecule has 1 N–H and O–H groups in total. The Morgan fingerprint density at radius 3 is 2.06 bits per heavy atom. The minimum atomic E-state index is 0.297. The number of benzene rings is 5. The third kappa shape index (κ3) is 5.67. The van der Waals surface area contributed by atoms with Crippen molar-refractivity contribution in [3.8, 4) is 5.75 Å². The number of rotatable bonds is 9. The maximum Gasteiger partial charge on any atom is 0.118 e. The zero-order valence-electron chi connectivity index (χ0n) is 21.0. The van der Waals surface area contributed by atoms with Crippen molar-refractivity contribution in [1.29, 1.82) is 0 Å². The van der Waals surface area contributed by atoms with E-state index in [1.807, 2.05) is 0 Å². The van der Waals surface area contributed by atoms with Gasteiger partial charge in [-0.3, -0.25) is 0 Å². The third-order valence-electron chi connectivity index (χ3n) is 7.06. The highest BCUT2D eigenvalue weighted by atomic mass is 16.5. The van der Waals surface area contributed by atoms with Crippen LogP contribution in [0.15, 0.2) is 115 Å². The SMILES string of the molecule is COc1ccc(C(C/C=C/c2ccc3ccccc3c2)C(C)NCc2ccc3ccccc3c2)cc1. The van der Waals surface area contributed by atoms with E-state index in [0.717, 1.165) is 18.7 Å². The minimum Gasteiger partial charge on any atom is -0.497 e. The van der Waals surface area contributed by atoms with Crippen LogP contribution in [0.2, 0.25) is 0 Å². The fraction of sp³-hybridized carbons (Fsp3) is 0.176. The van der Waals surface area contributed by atoms with E-state index in [2.05, 4.69) is 134 Å². The van der Waals surface area contributed by atoms with E-state index in [0.29, 0.717) is 12.0 Å². The van der Waals surface area contributed by atoms with Crippen LogP contribution >= 0.6 is 0 Å². The van der Waals surface area contributed by atoms with E-state index in [9.17, 15) is 0 Å². The van der Waals surface area contributed by atoms with Crippen LogP contribution in [-0.2, 0) is 6.54 Å². The molecule has 0 aliphatic heterocycles. The lowest BCUT2D eigenvalue weighted by Gasteiger charge is -2.25. The average Bonchev–Trinajstić information content (AvgIpc) is 2.94. The van der Waals surface area contributed by atoms with Crippen molar-refractivity contribution >= 4 is 27.6 Å². The molecule has 2 heteroatoms. The number of ether oxygens (including phenoxy) is 1. The van der Waals surface area contributed by atoms with Gasteiger partial charge in [0.05, 0.1) is 7.11 Å². The number of fused-ring (bicyclic) bond motifs is 2. The summed E-state index contributed by atoms with van der Waals surface area (Å²) < 4.78 is 5.39. The monoisotopic (exact) mass is 471 g/mol. The van der Waals surface area contributed by atoms with E-state index >= 15 is 0 Å². The van der Waals surface area contributed by atoms with Crippen LogP contribution in [0.25, 0.3) is 27.6 Å². The van der Waals surface area contributed by atoms with Crippen molar-refractivity contribution < 1.29 is 4.74 Å². The standard InChI is InChI=1S/C34H33NO/c1-25(35-24-27-15-17-29-10-4-6-12-32(29)23-27)34(30-18-20-33(36-2)21-19-30)13-7-8-26-14-16-28-9-3-5-11-31(28)22-26/h3-12,14-23,25,34-35H,13,24H2,1-2H3/b8-7+. The van der Waals surface area contributed by atoms with E-state index in [1.54, 1.807) is 7.11 Å². The smallest absolute Gasteiger partial charge is 0.118 e. The number of allylic oxidation sites excluding steroid dienone is 1. The van der Waals surface area contributed by atoms with E-state index in [-0.39, 0.29) is 0 Å². The van der Waals surface area contributed by atoms with Gasteiger partial charge in [-0.05, 0) is 75.8 Å². The summed E-state index contributed by atoms with van der Waals surface area (Å²) in [5.74, 6) is 1.23. The highest BCUT2D eigenvalue weighted by Crippen LogP contribution is 2.27. The Labute approximate surface area is 214 Å². The van der Waals surface area contributed by atoms with Crippen molar-refractivity contribution in [2.75, 3.05) is 7.11 Å². The Morgan fingerprint density at radius 1 is 0.722 bits per heavy atom. The molecule has 0 aliphatic rings. The molecule has 2 atom stereocenters. The summed E-state index contributed by atoms with van der Waals surface area (Å²) in [6.45, 7) is 3.13. The highest BCUT2D eigenvalue weighted by molar-refractivity contribution is 5.84. The van der Waals surface area contributed by atoms with Gasteiger partial charge in [-0.1, -0.05) is 97.1 Å². The first-order chi connectivity index (χ1) is 17.7. The molecule has 0 spiro atoms. The molecule has 0 aromatic heterocycles. The summed E-state index contributed by atoms with van der Waals surface area (Å²) in [6.07, 6.45) is 5.51. The first kappa shape index (κ1) is 23.8. The van der Waals surface area contributed by atoms with Gasteiger partial charge in [0.25, 0.3) is 0 Å². The maximum absolute atomic E-state index is 5.39. The Balaban J connectivity index is 1.32. The molecule has 2 nitrogen and oxygen atoms in total. The molecule has 2 unspecified atom stereocenters. The zero-order valence-corrected chi connectivity index (χ0v) is 21.0. The van der Waals surface area contributed by atoms with Gasteiger partial charge in [-0.15, -0.1) is 0 Å². The van der Waals surface area contributed by atoms with Gasteiger partial charge in [0, 0.05) is 18.5 Å². The highest BCUT2D eigenvalue weighted by Gasteiger charge is 2.18. The topological polar surface area (TPSA) is 21.3 Å². The molecule has 5 aromatic rings. The van der Waals surface area contributed by atoms with Crippen LogP contribution in [0.5, 0.6) is 5.75 Å². The fourth-order valence-corrected chi connectivity index (χ4v) is 4.91. The molecule has 0 fully saturated rings. The van der Waals surface area contributed by atoms with Crippen molar-refractivity contribution in [3.05, 3.63) is 132 Å². The predicted molar refractivity (Wildman–Crippen MR) is 154 cm³/mol. The average molecular weight is 472 g/mol. The van der Waals surface area contributed by atoms with Crippen molar-refractivity contribution in [2.24, 2.45) is 0 Å². The molecule has 0 saturated heterocycles. The Bertz CT molecular complexity index is 1470. The summed E-state index contributed by atoms with van der Waals surface area (Å²) in [5.41, 5.74) is 3.86. The van der Waals surface area contributed by atoms with Gasteiger partial charge < -0.3 is 10.1 Å². The second-order valence-electron chi connectivity index (χ2n) is 9.48. The lowest BCUT2D eigenvalue weighted by Crippen LogP contribution is -2.31. The van der Waals surface area contributed by atoms with Crippen LogP contribution in [0.3, 0.4) is 0 Å². The van der Waals surface area contributed by atoms with Gasteiger partial charge >= 0.3 is 0 Å². The number of hydrogen-bond acceptors (Lipinski definition) is 2. The second kappa shape index (κ2) is 11.2. The first-order valence-electron chi connectivity index (χ1n) is 12.7. The van der Waals surface area contributed by atoms with E-state index in [1.165, 1.54) is 38.2 Å². The fourth-order valence-electron chi connectivity index (χ4n) is 4.91. The number of methoxy groups -OCH3 is 1. The molecule has 180 valence electrons. The lowest BCUT2D eigenvalue weighted by atomic mass is 9.88. The van der Waals surface area contributed by atoms with Crippen molar-refractivity contribution in [2.45, 2.75) is 31.8 Å². The molecular formula is C34H33NO. The summed E-state index contributed by atoms with van der Waals surface area (Å²) in [4.78, 5) is 0. The summed E-state index contributed by atoms with van der Waals surface area (Å²) in [7, 11) is 1.71. The molecule has 0 amide bonds. The predicted octanol–water partition coefficient (Wildman–Crippen LogP) is 8.37. The molecule has 0 bridgehead atoms. The quantitative estimate of drug-likeness (QED) is 0.233. The second-order valence-corrected chi connectivity index (χ2v) is 9.48. The van der Waals surface area contributed by atoms with Crippen LogP contribution in [0, 0.1) is 0 Å². The van der Waals surface area contributed by atoms with Crippen LogP contribution < -0.4 is 10.1 Å². The molecule has 5 aromatic carbocycles. The molecule has 0 saturated carbocycles. The minimum absolute atomic E-state index is 0.297. The zero-order chi connectivity index (χ0) is 24.7. The normalized spacial score (nSPS) is 13.3. The molecular weight excluding hydrogens is 438 g/mol. The Kier molecular flexibility index (Phi) is 7.44. The van der Waals surface area contributed by atoms with Gasteiger partial charge in [0.2, 0.25) is 0 Å². The van der Waals surface area contributed by atoms with Crippen LogP contribution in [0.4, 0.5) is 0 Å². The molecule has 0 radical (unpaired) electrons. The molecule has 36 heavy (non-hydrogen) atoms. The molecule has 5 rings (SSSR count). The lowest BCUT2D eigenvalue weighted by molar-refractivity contribution is 0.413. The third-order valence-corrected chi connectivity index (χ3v) is 7.06. The Morgan fingerprint density at radius 2 is 1.36 bits per heavy atom. The van der Waals surface area contributed by atoms with E-state index < -0.39 is 0 Å². The Hall–Kier alpha value is -3.88. The summed E-state index contributed by atoms with van der Waals surface area (Å²) in [6, 6.07) is 39.2. The van der Waals surface area contributed by atoms with Gasteiger partial charge in [0.1, 0.15) is 5.75 Å². The van der Waals surface area contributed by atoms with E-state index in [4.69, 9.17) is 4.74 Å². The summed E-state index contributed by atoms with van der Waals surface area (Å²) in [5, 5.41) is 8.92. The first-order valence-corrected chi connectivity index (χ1v) is 12.7. The van der Waals surface area contributed by atoms with Crippen LogP contribution in [-0.4, -0.2) is 13.2 Å². The van der Waals surface area contributed by atoms with Gasteiger partial charge in [-0.2, -0.15) is 0 Å². The van der Waals surface area contributed by atoms with Gasteiger partial charge in [0.15, 0.2) is 0 Å². The van der Waals surface area contributed by atoms with Gasteiger partial charge in [-0.25, -0.2) is 0 Å². The summed E-state index contributed by atoms with van der Waals surface area (Å²) >= 11 is 0. The molecule has 0 heterocycles. The molecule has 0 aliphatic carbocycles. The van der Waals surface area contributed by atoms with Crippen LogP contribution in [0.1, 0.15) is 36.0 Å².